The van der Waals surface area contributed by atoms with E-state index in [1.54, 1.807) is 0 Å². The Morgan fingerprint density at radius 2 is 2.11 bits per heavy atom. The summed E-state index contributed by atoms with van der Waals surface area (Å²) in [5.74, 6) is 1.04. The van der Waals surface area contributed by atoms with Crippen molar-refractivity contribution in [3.63, 3.8) is 0 Å². The van der Waals surface area contributed by atoms with E-state index in [2.05, 4.69) is 18.3 Å². The van der Waals surface area contributed by atoms with Crippen molar-refractivity contribution in [2.24, 2.45) is 5.92 Å². The maximum Gasteiger partial charge on any atom is 0.262 e. The molecule has 1 N–H and O–H groups in total. The van der Waals surface area contributed by atoms with Crippen LogP contribution in [-0.2, 0) is 17.6 Å². The first-order valence-corrected chi connectivity index (χ1v) is 9.92. The second-order valence-electron chi connectivity index (χ2n) is 7.01. The van der Waals surface area contributed by atoms with Crippen LogP contribution in [0.1, 0.15) is 29.3 Å². The van der Waals surface area contributed by atoms with Crippen molar-refractivity contribution >= 4 is 33.0 Å². The summed E-state index contributed by atoms with van der Waals surface area (Å²) in [5, 5.41) is 15.3. The number of amides is 1. The number of ether oxygens (including phenoxy) is 1. The van der Waals surface area contributed by atoms with Gasteiger partial charge in [-0.1, -0.05) is 37.3 Å². The van der Waals surface area contributed by atoms with Gasteiger partial charge < -0.3 is 10.1 Å². The first-order valence-electron chi connectivity index (χ1n) is 9.10. The lowest BCUT2D eigenvalue weighted by Gasteiger charge is -2.17. The second kappa shape index (κ2) is 7.42. The van der Waals surface area contributed by atoms with Gasteiger partial charge in [-0.3, -0.25) is 4.79 Å². The Morgan fingerprint density at radius 3 is 2.93 bits per heavy atom. The molecule has 4 rings (SSSR count). The standard InChI is InChI=1S/C22H20N2O2S/c1-14-6-9-18-19(12-23)22(27-20(18)10-14)24-21(25)13-26-17-8-7-15-4-2-3-5-16(15)11-17/h2-5,7-8,11,14H,6,9-10,13H2,1H3,(H,24,25)/t14-/m0/s1. The summed E-state index contributed by atoms with van der Waals surface area (Å²) in [5.41, 5.74) is 1.74. The van der Waals surface area contributed by atoms with E-state index >= 15 is 0 Å². The van der Waals surface area contributed by atoms with Crippen LogP contribution in [0.5, 0.6) is 5.75 Å². The zero-order valence-electron chi connectivity index (χ0n) is 15.1. The zero-order valence-corrected chi connectivity index (χ0v) is 15.9. The molecule has 1 heterocycles. The third-order valence-electron chi connectivity index (χ3n) is 4.97. The molecule has 0 saturated carbocycles. The molecule has 0 spiro atoms. The molecule has 1 aliphatic rings. The Bertz CT molecular complexity index is 1050. The maximum atomic E-state index is 12.4. The number of nitrogens with one attached hydrogen (secondary N) is 1. The van der Waals surface area contributed by atoms with Gasteiger partial charge in [-0.15, -0.1) is 11.3 Å². The average Bonchev–Trinajstić information content (AvgIpc) is 3.02. The number of rotatable bonds is 4. The number of carbonyl (C=O) groups is 1. The minimum absolute atomic E-state index is 0.0812. The van der Waals surface area contributed by atoms with Crippen molar-refractivity contribution < 1.29 is 9.53 Å². The van der Waals surface area contributed by atoms with Crippen LogP contribution in [-0.4, -0.2) is 12.5 Å². The molecular formula is C22H20N2O2S. The van der Waals surface area contributed by atoms with Crippen molar-refractivity contribution in [1.29, 1.82) is 5.26 Å². The fraction of sp³-hybridized carbons (Fsp3) is 0.273. The molecule has 0 bridgehead atoms. The lowest BCUT2D eigenvalue weighted by atomic mass is 9.89. The number of anilines is 1. The van der Waals surface area contributed by atoms with Crippen LogP contribution in [0, 0.1) is 17.2 Å². The summed E-state index contributed by atoms with van der Waals surface area (Å²) in [6, 6.07) is 16.1. The molecule has 1 aromatic heterocycles. The molecule has 1 amide bonds. The molecule has 4 nitrogen and oxygen atoms in total. The molecule has 27 heavy (non-hydrogen) atoms. The Kier molecular flexibility index (Phi) is 4.83. The van der Waals surface area contributed by atoms with E-state index in [1.165, 1.54) is 16.2 Å². The minimum Gasteiger partial charge on any atom is -0.484 e. The topological polar surface area (TPSA) is 62.1 Å². The van der Waals surface area contributed by atoms with Crippen LogP contribution >= 0.6 is 11.3 Å². The van der Waals surface area contributed by atoms with Gasteiger partial charge in [-0.05, 0) is 53.6 Å². The summed E-state index contributed by atoms with van der Waals surface area (Å²) < 4.78 is 5.65. The highest BCUT2D eigenvalue weighted by atomic mass is 32.1. The second-order valence-corrected chi connectivity index (χ2v) is 8.12. The molecule has 0 unspecified atom stereocenters. The van der Waals surface area contributed by atoms with Gasteiger partial charge in [-0.25, -0.2) is 0 Å². The van der Waals surface area contributed by atoms with Crippen LogP contribution in [0.15, 0.2) is 42.5 Å². The fourth-order valence-corrected chi connectivity index (χ4v) is 4.90. The number of fused-ring (bicyclic) bond motifs is 2. The SMILES string of the molecule is C[C@H]1CCc2c(sc(NC(=O)COc3ccc4ccccc4c3)c2C#N)C1. The van der Waals surface area contributed by atoms with Crippen molar-refractivity contribution in [2.75, 3.05) is 11.9 Å². The molecule has 1 aliphatic carbocycles. The van der Waals surface area contributed by atoms with Gasteiger partial charge in [0.2, 0.25) is 0 Å². The largest absolute Gasteiger partial charge is 0.484 e. The van der Waals surface area contributed by atoms with Gasteiger partial charge in [-0.2, -0.15) is 5.26 Å². The molecule has 0 radical (unpaired) electrons. The van der Waals surface area contributed by atoms with Gasteiger partial charge in [0.05, 0.1) is 5.56 Å². The number of nitriles is 1. The van der Waals surface area contributed by atoms with Gasteiger partial charge in [0.25, 0.3) is 5.91 Å². The maximum absolute atomic E-state index is 12.4. The minimum atomic E-state index is -0.244. The Morgan fingerprint density at radius 1 is 1.30 bits per heavy atom. The predicted molar refractivity (Wildman–Crippen MR) is 108 cm³/mol. The van der Waals surface area contributed by atoms with E-state index in [1.807, 2.05) is 42.5 Å². The zero-order chi connectivity index (χ0) is 18.8. The van der Waals surface area contributed by atoms with Crippen LogP contribution in [0.3, 0.4) is 0 Å². The summed E-state index contributed by atoms with van der Waals surface area (Å²) in [7, 11) is 0. The van der Waals surface area contributed by atoms with E-state index in [0.29, 0.717) is 22.2 Å². The summed E-state index contributed by atoms with van der Waals surface area (Å²) in [4.78, 5) is 13.6. The smallest absolute Gasteiger partial charge is 0.262 e. The van der Waals surface area contributed by atoms with Crippen molar-refractivity contribution in [2.45, 2.75) is 26.2 Å². The number of carbonyl (C=O) groups excluding carboxylic acids is 1. The van der Waals surface area contributed by atoms with Crippen LogP contribution in [0.2, 0.25) is 0 Å². The predicted octanol–water partition coefficient (Wildman–Crippen LogP) is 4.92. The third kappa shape index (κ3) is 3.67. The monoisotopic (exact) mass is 376 g/mol. The third-order valence-corrected chi connectivity index (χ3v) is 6.14. The summed E-state index contributed by atoms with van der Waals surface area (Å²) >= 11 is 1.53. The van der Waals surface area contributed by atoms with E-state index in [-0.39, 0.29) is 12.5 Å². The molecule has 2 aromatic carbocycles. The first kappa shape index (κ1) is 17.6. The van der Waals surface area contributed by atoms with E-state index in [0.717, 1.165) is 35.6 Å². The van der Waals surface area contributed by atoms with Gasteiger partial charge in [0.15, 0.2) is 6.61 Å². The molecule has 5 heteroatoms. The van der Waals surface area contributed by atoms with E-state index in [9.17, 15) is 10.1 Å². The molecule has 0 aliphatic heterocycles. The highest BCUT2D eigenvalue weighted by molar-refractivity contribution is 7.16. The number of thiophene rings is 1. The highest BCUT2D eigenvalue weighted by Gasteiger charge is 2.24. The Hall–Kier alpha value is -2.84. The van der Waals surface area contributed by atoms with Crippen LogP contribution in [0.4, 0.5) is 5.00 Å². The summed E-state index contributed by atoms with van der Waals surface area (Å²) in [6.45, 7) is 2.15. The van der Waals surface area contributed by atoms with Crippen molar-refractivity contribution in [1.82, 2.24) is 0 Å². The van der Waals surface area contributed by atoms with Gasteiger partial charge in [0, 0.05) is 4.88 Å². The van der Waals surface area contributed by atoms with Crippen molar-refractivity contribution in [3.8, 4) is 11.8 Å². The fourth-order valence-electron chi connectivity index (χ4n) is 3.53. The van der Waals surface area contributed by atoms with Crippen LogP contribution < -0.4 is 10.1 Å². The normalized spacial score (nSPS) is 15.8. The van der Waals surface area contributed by atoms with E-state index in [4.69, 9.17) is 4.74 Å². The summed E-state index contributed by atoms with van der Waals surface area (Å²) in [6.07, 6.45) is 2.99. The quantitative estimate of drug-likeness (QED) is 0.703. The molecule has 3 aromatic rings. The molecule has 0 saturated heterocycles. The Balaban J connectivity index is 1.44. The number of nitrogens with zero attached hydrogens (tertiary/aromatic N) is 1. The molecule has 1 atom stereocenters. The number of benzene rings is 2. The highest BCUT2D eigenvalue weighted by Crippen LogP contribution is 2.39. The average molecular weight is 376 g/mol. The Labute approximate surface area is 162 Å². The number of hydrogen-bond donors (Lipinski definition) is 1. The molecular weight excluding hydrogens is 356 g/mol. The van der Waals surface area contributed by atoms with Crippen molar-refractivity contribution in [3.05, 3.63) is 58.5 Å². The number of hydrogen-bond acceptors (Lipinski definition) is 4. The van der Waals surface area contributed by atoms with Gasteiger partial charge >= 0.3 is 0 Å². The molecule has 0 fully saturated rings. The van der Waals surface area contributed by atoms with E-state index < -0.39 is 0 Å². The lowest BCUT2D eigenvalue weighted by molar-refractivity contribution is -0.118. The molecule has 136 valence electrons. The van der Waals surface area contributed by atoms with Crippen LogP contribution in [0.25, 0.3) is 10.8 Å². The van der Waals surface area contributed by atoms with Gasteiger partial charge in [0.1, 0.15) is 16.8 Å². The first-order chi connectivity index (χ1) is 13.1. The lowest BCUT2D eigenvalue weighted by Crippen LogP contribution is -2.20.